The molecular formula is C25H27N7. The summed E-state index contributed by atoms with van der Waals surface area (Å²) in [6.07, 6.45) is 5.79. The first kappa shape index (κ1) is 20.2. The van der Waals surface area contributed by atoms with Crippen LogP contribution in [-0.2, 0) is 6.54 Å². The first-order valence-electron chi connectivity index (χ1n) is 11.2. The van der Waals surface area contributed by atoms with Crippen molar-refractivity contribution in [3.8, 4) is 0 Å². The summed E-state index contributed by atoms with van der Waals surface area (Å²) in [5.41, 5.74) is 2.16. The Bertz CT molecular complexity index is 1140. The largest absolute Gasteiger partial charge is 0.365 e. The maximum Gasteiger partial charge on any atom is 0.225 e. The fraction of sp³-hybridized carbons (Fsp3) is 0.280. The van der Waals surface area contributed by atoms with E-state index in [4.69, 9.17) is 9.97 Å². The maximum absolute atomic E-state index is 4.80. The molecule has 1 aliphatic heterocycles. The molecule has 2 aromatic carbocycles. The smallest absolute Gasteiger partial charge is 0.225 e. The van der Waals surface area contributed by atoms with Crippen molar-refractivity contribution >= 4 is 28.6 Å². The lowest BCUT2D eigenvalue weighted by Gasteiger charge is -2.31. The fourth-order valence-electron chi connectivity index (χ4n) is 4.10. The molecule has 7 nitrogen and oxygen atoms in total. The summed E-state index contributed by atoms with van der Waals surface area (Å²) in [4.78, 5) is 20.5. The summed E-state index contributed by atoms with van der Waals surface area (Å²) in [7, 11) is 0. The number of piperidine rings is 1. The standard InChI is InChI=1S/C25H27N7/c1-2-7-19(8-3-1)17-28-23-21-9-4-5-10-22(21)30-24(31-23)29-18-20-11-15-32(16-12-20)25-26-13-6-14-27-25/h1-10,13-14,20H,11-12,15-18H2,(H2,28,29,30,31). The lowest BCUT2D eigenvalue weighted by atomic mass is 9.97. The van der Waals surface area contributed by atoms with E-state index in [0.29, 0.717) is 11.9 Å². The molecule has 1 aliphatic rings. The highest BCUT2D eigenvalue weighted by Crippen LogP contribution is 2.24. The van der Waals surface area contributed by atoms with Gasteiger partial charge < -0.3 is 15.5 Å². The van der Waals surface area contributed by atoms with Gasteiger partial charge in [0.1, 0.15) is 5.82 Å². The summed E-state index contributed by atoms with van der Waals surface area (Å²) < 4.78 is 0. The van der Waals surface area contributed by atoms with Crippen LogP contribution >= 0.6 is 0 Å². The zero-order valence-electron chi connectivity index (χ0n) is 18.0. The van der Waals surface area contributed by atoms with Crippen LogP contribution in [0.5, 0.6) is 0 Å². The number of rotatable bonds is 7. The number of aromatic nitrogens is 4. The van der Waals surface area contributed by atoms with Crippen LogP contribution < -0.4 is 15.5 Å². The van der Waals surface area contributed by atoms with E-state index in [1.54, 1.807) is 12.4 Å². The molecule has 2 aromatic heterocycles. The van der Waals surface area contributed by atoms with Crippen molar-refractivity contribution in [2.45, 2.75) is 19.4 Å². The molecule has 162 valence electrons. The van der Waals surface area contributed by atoms with E-state index in [0.717, 1.165) is 61.7 Å². The normalized spacial score (nSPS) is 14.4. The van der Waals surface area contributed by atoms with Gasteiger partial charge in [0.05, 0.1) is 5.52 Å². The first-order valence-corrected chi connectivity index (χ1v) is 11.2. The highest BCUT2D eigenvalue weighted by atomic mass is 15.2. The molecule has 32 heavy (non-hydrogen) atoms. The Kier molecular flexibility index (Phi) is 6.05. The third-order valence-corrected chi connectivity index (χ3v) is 5.90. The van der Waals surface area contributed by atoms with Gasteiger partial charge in [0.2, 0.25) is 11.9 Å². The summed E-state index contributed by atoms with van der Waals surface area (Å²) in [6, 6.07) is 20.4. The van der Waals surface area contributed by atoms with Gasteiger partial charge in [-0.05, 0) is 42.5 Å². The van der Waals surface area contributed by atoms with Crippen molar-refractivity contribution in [3.05, 3.63) is 78.6 Å². The minimum atomic E-state index is 0.575. The molecule has 1 fully saturated rings. The van der Waals surface area contributed by atoms with Gasteiger partial charge in [0.15, 0.2) is 0 Å². The Labute approximate surface area is 188 Å². The molecule has 3 heterocycles. The number of nitrogens with zero attached hydrogens (tertiary/aromatic N) is 5. The van der Waals surface area contributed by atoms with E-state index in [-0.39, 0.29) is 0 Å². The van der Waals surface area contributed by atoms with E-state index in [9.17, 15) is 0 Å². The first-order chi connectivity index (χ1) is 15.8. The van der Waals surface area contributed by atoms with Crippen LogP contribution in [0.15, 0.2) is 73.1 Å². The minimum Gasteiger partial charge on any atom is -0.365 e. The predicted molar refractivity (Wildman–Crippen MR) is 129 cm³/mol. The van der Waals surface area contributed by atoms with Crippen molar-refractivity contribution in [1.82, 2.24) is 19.9 Å². The van der Waals surface area contributed by atoms with Gasteiger partial charge in [-0.2, -0.15) is 4.98 Å². The van der Waals surface area contributed by atoms with Gasteiger partial charge in [-0.1, -0.05) is 42.5 Å². The maximum atomic E-state index is 4.80. The molecule has 4 aromatic rings. The summed E-state index contributed by atoms with van der Waals surface area (Å²) in [5.74, 6) is 2.93. The van der Waals surface area contributed by atoms with Crippen LogP contribution in [0.1, 0.15) is 18.4 Å². The molecule has 0 unspecified atom stereocenters. The summed E-state index contributed by atoms with van der Waals surface area (Å²) in [5, 5.41) is 8.01. The lowest BCUT2D eigenvalue weighted by Crippen LogP contribution is -2.36. The van der Waals surface area contributed by atoms with Crippen molar-refractivity contribution < 1.29 is 0 Å². The van der Waals surface area contributed by atoms with Gasteiger partial charge >= 0.3 is 0 Å². The van der Waals surface area contributed by atoms with E-state index < -0.39 is 0 Å². The number of hydrogen-bond donors (Lipinski definition) is 2. The van der Waals surface area contributed by atoms with Gasteiger partial charge in [-0.3, -0.25) is 0 Å². The van der Waals surface area contributed by atoms with Gasteiger partial charge in [-0.15, -0.1) is 0 Å². The van der Waals surface area contributed by atoms with E-state index >= 15 is 0 Å². The zero-order chi connectivity index (χ0) is 21.6. The van der Waals surface area contributed by atoms with Crippen molar-refractivity contribution in [1.29, 1.82) is 0 Å². The number of nitrogens with one attached hydrogen (secondary N) is 2. The van der Waals surface area contributed by atoms with Crippen molar-refractivity contribution in [2.24, 2.45) is 5.92 Å². The molecular weight excluding hydrogens is 398 g/mol. The summed E-state index contributed by atoms with van der Waals surface area (Å²) in [6.45, 7) is 3.53. The molecule has 2 N–H and O–H groups in total. The van der Waals surface area contributed by atoms with Crippen LogP contribution in [0.2, 0.25) is 0 Å². The Balaban J connectivity index is 1.23. The third-order valence-electron chi connectivity index (χ3n) is 5.90. The second-order valence-electron chi connectivity index (χ2n) is 8.11. The fourth-order valence-corrected chi connectivity index (χ4v) is 4.10. The Morgan fingerprint density at radius 3 is 2.38 bits per heavy atom. The molecule has 7 heteroatoms. The van der Waals surface area contributed by atoms with Crippen LogP contribution in [0, 0.1) is 5.92 Å². The van der Waals surface area contributed by atoms with E-state index in [1.807, 2.05) is 30.3 Å². The Morgan fingerprint density at radius 1 is 0.812 bits per heavy atom. The van der Waals surface area contributed by atoms with Crippen LogP contribution in [0.4, 0.5) is 17.7 Å². The average molecular weight is 426 g/mol. The topological polar surface area (TPSA) is 78.9 Å². The molecule has 0 saturated carbocycles. The molecule has 0 spiro atoms. The Morgan fingerprint density at radius 2 is 1.56 bits per heavy atom. The molecule has 0 radical (unpaired) electrons. The number of para-hydroxylation sites is 1. The second-order valence-corrected chi connectivity index (χ2v) is 8.11. The highest BCUT2D eigenvalue weighted by molar-refractivity contribution is 5.90. The van der Waals surface area contributed by atoms with E-state index in [1.165, 1.54) is 5.56 Å². The molecule has 0 bridgehead atoms. The van der Waals surface area contributed by atoms with E-state index in [2.05, 4.69) is 55.8 Å². The molecule has 0 amide bonds. The van der Waals surface area contributed by atoms with Gasteiger partial charge in [-0.25, -0.2) is 15.0 Å². The number of anilines is 3. The average Bonchev–Trinajstić information content (AvgIpc) is 2.87. The molecule has 0 atom stereocenters. The predicted octanol–water partition coefficient (Wildman–Crippen LogP) is 4.36. The van der Waals surface area contributed by atoms with Crippen LogP contribution in [0.25, 0.3) is 10.9 Å². The number of hydrogen-bond acceptors (Lipinski definition) is 7. The third kappa shape index (κ3) is 4.77. The molecule has 5 rings (SSSR count). The van der Waals surface area contributed by atoms with Crippen LogP contribution in [-0.4, -0.2) is 39.6 Å². The molecule has 0 aliphatic carbocycles. The Hall–Kier alpha value is -3.74. The highest BCUT2D eigenvalue weighted by Gasteiger charge is 2.21. The van der Waals surface area contributed by atoms with Crippen molar-refractivity contribution in [3.63, 3.8) is 0 Å². The summed E-state index contributed by atoms with van der Waals surface area (Å²) >= 11 is 0. The SMILES string of the molecule is c1ccc(CNc2nc(NCC3CCN(c4ncccn4)CC3)nc3ccccc23)cc1. The van der Waals surface area contributed by atoms with Gasteiger partial charge in [0.25, 0.3) is 0 Å². The number of fused-ring (bicyclic) bond motifs is 1. The molecule has 1 saturated heterocycles. The monoisotopic (exact) mass is 425 g/mol. The van der Waals surface area contributed by atoms with Crippen molar-refractivity contribution in [2.75, 3.05) is 35.2 Å². The lowest BCUT2D eigenvalue weighted by molar-refractivity contribution is 0.419. The van der Waals surface area contributed by atoms with Crippen LogP contribution in [0.3, 0.4) is 0 Å². The zero-order valence-corrected chi connectivity index (χ0v) is 18.0. The number of benzene rings is 2. The quantitative estimate of drug-likeness (QED) is 0.455. The second kappa shape index (κ2) is 9.60. The minimum absolute atomic E-state index is 0.575. The van der Waals surface area contributed by atoms with Gasteiger partial charge in [0, 0.05) is 44.0 Å².